The van der Waals surface area contributed by atoms with Gasteiger partial charge in [0.05, 0.1) is 17.0 Å². The molecule has 110 valence electrons. The first-order valence-corrected chi connectivity index (χ1v) is 9.03. The van der Waals surface area contributed by atoms with E-state index in [9.17, 15) is 4.79 Å². The van der Waals surface area contributed by atoms with E-state index in [1.54, 1.807) is 11.3 Å². The number of nitrogens with one attached hydrogen (secondary N) is 1. The highest BCUT2D eigenvalue weighted by Crippen LogP contribution is 2.32. The Hall–Kier alpha value is -0.560. The molecule has 1 fully saturated rings. The highest BCUT2D eigenvalue weighted by molar-refractivity contribution is 7.98. The Morgan fingerprint density at radius 3 is 3.15 bits per heavy atom. The topological polar surface area (TPSA) is 64.3 Å². The van der Waals surface area contributed by atoms with Crippen molar-refractivity contribution >= 4 is 29.0 Å². The van der Waals surface area contributed by atoms with Gasteiger partial charge in [-0.2, -0.15) is 11.8 Å². The minimum absolute atomic E-state index is 0.000692. The lowest BCUT2D eigenvalue weighted by Gasteiger charge is -2.42. The average molecular weight is 312 g/mol. The fourth-order valence-corrected chi connectivity index (χ4v) is 4.98. The molecule has 3 atom stereocenters. The maximum absolute atomic E-state index is 12.3. The van der Waals surface area contributed by atoms with Crippen LogP contribution in [0.5, 0.6) is 0 Å². The van der Waals surface area contributed by atoms with Gasteiger partial charge >= 0.3 is 0 Å². The first-order chi connectivity index (χ1) is 9.69. The quantitative estimate of drug-likeness (QED) is 0.889. The lowest BCUT2D eigenvalue weighted by atomic mass is 9.83. The summed E-state index contributed by atoms with van der Waals surface area (Å²) in [5.41, 5.74) is 7.30. The predicted molar refractivity (Wildman–Crippen MR) is 83.4 cm³/mol. The second-order valence-corrected chi connectivity index (χ2v) is 7.50. The number of thioether (sulfide) groups is 1. The number of ether oxygens (including phenoxy) is 1. The van der Waals surface area contributed by atoms with Gasteiger partial charge in [-0.25, -0.2) is 0 Å². The van der Waals surface area contributed by atoms with Crippen molar-refractivity contribution in [1.82, 2.24) is 5.32 Å². The lowest BCUT2D eigenvalue weighted by Crippen LogP contribution is -2.64. The molecule has 1 aliphatic carbocycles. The summed E-state index contributed by atoms with van der Waals surface area (Å²) in [5, 5.41) is 3.04. The molecular weight excluding hydrogens is 292 g/mol. The van der Waals surface area contributed by atoms with E-state index < -0.39 is 0 Å². The molecule has 1 aromatic heterocycles. The van der Waals surface area contributed by atoms with Gasteiger partial charge in [0.25, 0.3) is 5.91 Å². The first-order valence-electron chi connectivity index (χ1n) is 7.06. The fraction of sp³-hybridized carbons (Fsp3) is 0.643. The average Bonchev–Trinajstić information content (AvgIpc) is 2.88. The molecule has 1 aromatic rings. The number of fused-ring (bicyclic) bond motifs is 1. The monoisotopic (exact) mass is 312 g/mol. The van der Waals surface area contributed by atoms with E-state index in [2.05, 4.69) is 5.32 Å². The molecule has 1 amide bonds. The van der Waals surface area contributed by atoms with E-state index >= 15 is 0 Å². The highest BCUT2D eigenvalue weighted by Gasteiger charge is 2.40. The minimum atomic E-state index is -0.0454. The number of hydrogen-bond donors (Lipinski definition) is 2. The summed E-state index contributed by atoms with van der Waals surface area (Å²) in [6.45, 7) is 2.63. The SMILES string of the molecule is CCOC1CC(N)C1NC(=O)c1cc2c(s1)CCSC2. The number of rotatable bonds is 4. The Morgan fingerprint density at radius 2 is 2.45 bits per heavy atom. The van der Waals surface area contributed by atoms with E-state index in [4.69, 9.17) is 10.5 Å². The molecule has 20 heavy (non-hydrogen) atoms. The maximum atomic E-state index is 12.3. The van der Waals surface area contributed by atoms with E-state index in [1.165, 1.54) is 10.4 Å². The number of thiophene rings is 1. The second-order valence-electron chi connectivity index (χ2n) is 5.25. The summed E-state index contributed by atoms with van der Waals surface area (Å²) in [4.78, 5) is 14.5. The fourth-order valence-electron chi connectivity index (χ4n) is 2.71. The summed E-state index contributed by atoms with van der Waals surface area (Å²) >= 11 is 3.56. The van der Waals surface area contributed by atoms with Crippen LogP contribution >= 0.6 is 23.1 Å². The lowest BCUT2D eigenvalue weighted by molar-refractivity contribution is -0.0299. The molecule has 3 rings (SSSR count). The molecule has 2 aliphatic rings. The van der Waals surface area contributed by atoms with Gasteiger partial charge in [0.2, 0.25) is 0 Å². The zero-order valence-electron chi connectivity index (χ0n) is 11.6. The van der Waals surface area contributed by atoms with Gasteiger partial charge in [0, 0.05) is 23.3 Å². The van der Waals surface area contributed by atoms with Crippen LogP contribution in [0, 0.1) is 0 Å². The molecule has 0 bridgehead atoms. The molecule has 0 saturated heterocycles. The summed E-state index contributed by atoms with van der Waals surface area (Å²) in [6, 6.07) is 2.01. The van der Waals surface area contributed by atoms with Crippen molar-refractivity contribution in [2.24, 2.45) is 5.73 Å². The summed E-state index contributed by atoms with van der Waals surface area (Å²) in [7, 11) is 0. The Bertz CT molecular complexity index is 478. The summed E-state index contributed by atoms with van der Waals surface area (Å²) < 4.78 is 5.58. The molecule has 1 saturated carbocycles. The third kappa shape index (κ3) is 2.74. The molecule has 1 aliphatic heterocycles. The normalized spacial score (nSPS) is 28.6. The van der Waals surface area contributed by atoms with Crippen molar-refractivity contribution in [1.29, 1.82) is 0 Å². The van der Waals surface area contributed by atoms with Crippen LogP contribution in [0.1, 0.15) is 33.5 Å². The Kier molecular flexibility index (Phi) is 4.35. The van der Waals surface area contributed by atoms with Crippen LogP contribution in [0.3, 0.4) is 0 Å². The second kappa shape index (κ2) is 6.05. The smallest absolute Gasteiger partial charge is 0.261 e. The zero-order chi connectivity index (χ0) is 14.1. The predicted octanol–water partition coefficient (Wildman–Crippen LogP) is 1.77. The van der Waals surface area contributed by atoms with E-state index in [-0.39, 0.29) is 24.1 Å². The third-order valence-corrected chi connectivity index (χ3v) is 6.14. The number of carbonyl (C=O) groups excluding carboxylic acids is 1. The summed E-state index contributed by atoms with van der Waals surface area (Å²) in [5.74, 6) is 2.19. The molecule has 4 nitrogen and oxygen atoms in total. The van der Waals surface area contributed by atoms with Gasteiger partial charge in [0.1, 0.15) is 0 Å². The van der Waals surface area contributed by atoms with E-state index in [0.29, 0.717) is 6.61 Å². The van der Waals surface area contributed by atoms with Gasteiger partial charge in [0.15, 0.2) is 0 Å². The largest absolute Gasteiger partial charge is 0.376 e. The van der Waals surface area contributed by atoms with Crippen LogP contribution in [0.25, 0.3) is 0 Å². The minimum Gasteiger partial charge on any atom is -0.376 e. The first kappa shape index (κ1) is 14.4. The molecule has 3 N–H and O–H groups in total. The van der Waals surface area contributed by atoms with Crippen LogP contribution < -0.4 is 11.1 Å². The van der Waals surface area contributed by atoms with Crippen molar-refractivity contribution < 1.29 is 9.53 Å². The van der Waals surface area contributed by atoms with Crippen molar-refractivity contribution in [3.63, 3.8) is 0 Å². The molecule has 0 aromatic carbocycles. The van der Waals surface area contributed by atoms with Crippen LogP contribution in [-0.4, -0.2) is 36.5 Å². The van der Waals surface area contributed by atoms with Crippen LogP contribution in [0.15, 0.2) is 6.07 Å². The molecule has 2 heterocycles. The number of aryl methyl sites for hydroxylation is 1. The van der Waals surface area contributed by atoms with Gasteiger partial charge in [-0.3, -0.25) is 4.79 Å². The van der Waals surface area contributed by atoms with E-state index in [0.717, 1.165) is 29.2 Å². The van der Waals surface area contributed by atoms with Crippen molar-refractivity contribution in [3.05, 3.63) is 21.4 Å². The van der Waals surface area contributed by atoms with Gasteiger partial charge in [-0.15, -0.1) is 11.3 Å². The molecule has 0 radical (unpaired) electrons. The van der Waals surface area contributed by atoms with Crippen molar-refractivity contribution in [2.75, 3.05) is 12.4 Å². The maximum Gasteiger partial charge on any atom is 0.261 e. The Balaban J connectivity index is 1.65. The molecular formula is C14H20N2O2S2. The molecule has 6 heteroatoms. The Morgan fingerprint density at radius 1 is 1.60 bits per heavy atom. The number of hydrogen-bond acceptors (Lipinski definition) is 5. The van der Waals surface area contributed by atoms with Gasteiger partial charge in [-0.05, 0) is 37.1 Å². The van der Waals surface area contributed by atoms with E-state index in [1.807, 2.05) is 24.8 Å². The van der Waals surface area contributed by atoms with Crippen LogP contribution in [-0.2, 0) is 16.9 Å². The Labute approximate surface area is 127 Å². The number of carbonyl (C=O) groups is 1. The summed E-state index contributed by atoms with van der Waals surface area (Å²) in [6.07, 6.45) is 1.99. The van der Waals surface area contributed by atoms with Crippen molar-refractivity contribution in [3.8, 4) is 0 Å². The zero-order valence-corrected chi connectivity index (χ0v) is 13.2. The molecule has 3 unspecified atom stereocenters. The molecule has 0 spiro atoms. The van der Waals surface area contributed by atoms with Gasteiger partial charge < -0.3 is 15.8 Å². The van der Waals surface area contributed by atoms with Gasteiger partial charge in [-0.1, -0.05) is 0 Å². The number of nitrogens with two attached hydrogens (primary N) is 1. The van der Waals surface area contributed by atoms with Crippen LogP contribution in [0.2, 0.25) is 0 Å². The standard InChI is InChI=1S/C14H20N2O2S2/c1-2-18-10-6-9(15)13(10)16-14(17)12-5-8-7-19-4-3-11(8)20-12/h5,9-10,13H,2-4,6-7,15H2,1H3,(H,16,17). The van der Waals surface area contributed by atoms with Crippen LogP contribution in [0.4, 0.5) is 0 Å². The number of amides is 1. The van der Waals surface area contributed by atoms with Crippen molar-refractivity contribution in [2.45, 2.75) is 43.7 Å². The third-order valence-electron chi connectivity index (χ3n) is 3.90. The highest BCUT2D eigenvalue weighted by atomic mass is 32.2.